The first-order valence-corrected chi connectivity index (χ1v) is 6.00. The van der Waals surface area contributed by atoms with Crippen LogP contribution in [0, 0.1) is 5.92 Å². The van der Waals surface area contributed by atoms with Crippen molar-refractivity contribution in [3.05, 3.63) is 35.4 Å². The van der Waals surface area contributed by atoms with Crippen molar-refractivity contribution in [1.29, 1.82) is 0 Å². The van der Waals surface area contributed by atoms with E-state index in [9.17, 15) is 18.0 Å². The smallest absolute Gasteiger partial charge is 0.341 e. The fourth-order valence-corrected chi connectivity index (χ4v) is 2.04. The topological polar surface area (TPSA) is 32.3 Å². The van der Waals surface area contributed by atoms with Crippen LogP contribution in [0.1, 0.15) is 11.1 Å². The Balaban J connectivity index is 2.12. The maximum Gasteiger partial charge on any atom is 0.416 e. The van der Waals surface area contributed by atoms with E-state index in [-0.39, 0.29) is 23.9 Å². The molecule has 0 atom stereocenters. The minimum absolute atomic E-state index is 0.0228. The second kappa shape index (κ2) is 5.21. The summed E-state index contributed by atoms with van der Waals surface area (Å²) in [5.74, 6) is -0.223. The first-order chi connectivity index (χ1) is 8.89. The van der Waals surface area contributed by atoms with E-state index in [2.05, 4.69) is 5.32 Å². The Morgan fingerprint density at radius 2 is 2.00 bits per heavy atom. The number of nitrogens with one attached hydrogen (secondary N) is 1. The van der Waals surface area contributed by atoms with E-state index in [1.165, 1.54) is 24.1 Å². The molecule has 1 aromatic rings. The van der Waals surface area contributed by atoms with Crippen molar-refractivity contribution >= 4 is 5.91 Å². The third kappa shape index (κ3) is 3.07. The average molecular weight is 272 g/mol. The second-order valence-electron chi connectivity index (χ2n) is 4.70. The number of carbonyl (C=O) groups is 1. The van der Waals surface area contributed by atoms with Crippen molar-refractivity contribution in [1.82, 2.24) is 10.2 Å². The van der Waals surface area contributed by atoms with Gasteiger partial charge in [-0.1, -0.05) is 18.2 Å². The van der Waals surface area contributed by atoms with Crippen LogP contribution in [0.3, 0.4) is 0 Å². The van der Waals surface area contributed by atoms with E-state index in [0.717, 1.165) is 6.07 Å². The van der Waals surface area contributed by atoms with Crippen molar-refractivity contribution in [2.45, 2.75) is 12.7 Å². The standard InChI is InChI=1S/C13H15F3N2O/c1-18(12(19)10-6-17-7-10)8-9-4-2-3-5-11(9)13(14,15)16/h2-5,10,17H,6-8H2,1H3. The Hall–Kier alpha value is -1.56. The third-order valence-corrected chi connectivity index (χ3v) is 3.24. The van der Waals surface area contributed by atoms with Gasteiger partial charge in [0.1, 0.15) is 0 Å². The number of benzene rings is 1. The molecule has 1 fully saturated rings. The summed E-state index contributed by atoms with van der Waals surface area (Å²) < 4.78 is 38.5. The van der Waals surface area contributed by atoms with Crippen LogP contribution in [0.5, 0.6) is 0 Å². The number of hydrogen-bond acceptors (Lipinski definition) is 2. The fourth-order valence-electron chi connectivity index (χ4n) is 2.04. The molecule has 0 bridgehead atoms. The summed E-state index contributed by atoms with van der Waals surface area (Å²) in [6, 6.07) is 5.35. The Morgan fingerprint density at radius 1 is 1.37 bits per heavy atom. The number of rotatable bonds is 3. The number of alkyl halides is 3. The van der Waals surface area contributed by atoms with Crippen molar-refractivity contribution in [2.75, 3.05) is 20.1 Å². The molecule has 0 aliphatic carbocycles. The molecule has 1 aliphatic heterocycles. The van der Waals surface area contributed by atoms with Crippen LogP contribution in [0.4, 0.5) is 13.2 Å². The number of nitrogens with zero attached hydrogens (tertiary/aromatic N) is 1. The second-order valence-corrected chi connectivity index (χ2v) is 4.70. The normalized spacial score (nSPS) is 16.0. The number of hydrogen-bond donors (Lipinski definition) is 1. The predicted octanol–water partition coefficient (Wildman–Crippen LogP) is 1.88. The quantitative estimate of drug-likeness (QED) is 0.911. The molecule has 0 saturated carbocycles. The van der Waals surface area contributed by atoms with Gasteiger partial charge in [-0.3, -0.25) is 4.79 Å². The lowest BCUT2D eigenvalue weighted by Crippen LogP contribution is -2.51. The monoisotopic (exact) mass is 272 g/mol. The molecule has 1 N–H and O–H groups in total. The molecule has 104 valence electrons. The maximum atomic E-state index is 12.8. The molecule has 0 radical (unpaired) electrons. The van der Waals surface area contributed by atoms with Crippen molar-refractivity contribution in [2.24, 2.45) is 5.92 Å². The zero-order chi connectivity index (χ0) is 14.0. The molecule has 3 nitrogen and oxygen atoms in total. The van der Waals surface area contributed by atoms with Gasteiger partial charge in [-0.25, -0.2) is 0 Å². The van der Waals surface area contributed by atoms with E-state index in [1.54, 1.807) is 6.07 Å². The van der Waals surface area contributed by atoms with E-state index < -0.39 is 11.7 Å². The summed E-state index contributed by atoms with van der Waals surface area (Å²) in [6.45, 7) is 1.18. The van der Waals surface area contributed by atoms with Crippen LogP contribution < -0.4 is 5.32 Å². The van der Waals surface area contributed by atoms with Gasteiger partial charge in [0.25, 0.3) is 0 Å². The lowest BCUT2D eigenvalue weighted by Gasteiger charge is -2.30. The van der Waals surface area contributed by atoms with Crippen molar-refractivity contribution < 1.29 is 18.0 Å². The molecule has 1 heterocycles. The van der Waals surface area contributed by atoms with Gasteiger partial charge < -0.3 is 10.2 Å². The molecule has 0 unspecified atom stereocenters. The first-order valence-electron chi connectivity index (χ1n) is 6.00. The van der Waals surface area contributed by atoms with Gasteiger partial charge >= 0.3 is 6.18 Å². The van der Waals surface area contributed by atoms with Gasteiger partial charge in [0.05, 0.1) is 11.5 Å². The molecule has 2 rings (SSSR count). The summed E-state index contributed by atoms with van der Waals surface area (Å²) in [6.07, 6.45) is -4.39. The van der Waals surface area contributed by atoms with Gasteiger partial charge in [-0.05, 0) is 11.6 Å². The van der Waals surface area contributed by atoms with Crippen molar-refractivity contribution in [3.63, 3.8) is 0 Å². The Morgan fingerprint density at radius 3 is 2.53 bits per heavy atom. The number of halogens is 3. The van der Waals surface area contributed by atoms with Gasteiger partial charge in [0, 0.05) is 26.7 Å². The van der Waals surface area contributed by atoms with Gasteiger partial charge in [-0.15, -0.1) is 0 Å². The molecule has 19 heavy (non-hydrogen) atoms. The third-order valence-electron chi connectivity index (χ3n) is 3.24. The van der Waals surface area contributed by atoms with Crippen LogP contribution >= 0.6 is 0 Å². The van der Waals surface area contributed by atoms with Crippen LogP contribution in [-0.2, 0) is 17.5 Å². The Kier molecular flexibility index (Phi) is 3.80. The Labute approximate surface area is 109 Å². The van der Waals surface area contributed by atoms with E-state index in [1.807, 2.05) is 0 Å². The highest BCUT2D eigenvalue weighted by molar-refractivity contribution is 5.80. The largest absolute Gasteiger partial charge is 0.416 e. The van der Waals surface area contributed by atoms with E-state index >= 15 is 0 Å². The minimum atomic E-state index is -4.39. The highest BCUT2D eigenvalue weighted by Crippen LogP contribution is 2.32. The average Bonchev–Trinajstić information content (AvgIpc) is 2.25. The van der Waals surface area contributed by atoms with Crippen LogP contribution in [0.25, 0.3) is 0 Å². The van der Waals surface area contributed by atoms with Gasteiger partial charge in [0.2, 0.25) is 5.91 Å². The highest BCUT2D eigenvalue weighted by atomic mass is 19.4. The minimum Gasteiger partial charge on any atom is -0.341 e. The van der Waals surface area contributed by atoms with Gasteiger partial charge in [-0.2, -0.15) is 13.2 Å². The summed E-state index contributed by atoms with van der Waals surface area (Å²) in [7, 11) is 1.54. The number of carbonyl (C=O) groups excluding carboxylic acids is 1. The molecule has 6 heteroatoms. The Bertz CT molecular complexity index is 469. The molecule has 1 aliphatic rings. The van der Waals surface area contributed by atoms with Gasteiger partial charge in [0.15, 0.2) is 0 Å². The highest BCUT2D eigenvalue weighted by Gasteiger charge is 2.34. The SMILES string of the molecule is CN(Cc1ccccc1C(F)(F)F)C(=O)C1CNC1. The summed E-state index contributed by atoms with van der Waals surface area (Å²) in [4.78, 5) is 13.3. The maximum absolute atomic E-state index is 12.8. The van der Waals surface area contributed by atoms with E-state index in [0.29, 0.717) is 13.1 Å². The first kappa shape index (κ1) is 13.9. The molecule has 1 amide bonds. The van der Waals surface area contributed by atoms with Crippen LogP contribution in [0.15, 0.2) is 24.3 Å². The zero-order valence-electron chi connectivity index (χ0n) is 10.5. The molecule has 0 aromatic heterocycles. The summed E-state index contributed by atoms with van der Waals surface area (Å²) >= 11 is 0. The lowest BCUT2D eigenvalue weighted by atomic mass is 10.0. The molecular weight excluding hydrogens is 257 g/mol. The molecule has 0 spiro atoms. The summed E-state index contributed by atoms with van der Waals surface area (Å²) in [5.41, 5.74) is -0.556. The lowest BCUT2D eigenvalue weighted by molar-refractivity contribution is -0.141. The van der Waals surface area contributed by atoms with Crippen molar-refractivity contribution in [3.8, 4) is 0 Å². The summed E-state index contributed by atoms with van der Waals surface area (Å²) in [5, 5.41) is 2.97. The number of amides is 1. The molecule has 1 saturated heterocycles. The fraction of sp³-hybridized carbons (Fsp3) is 0.462. The molecular formula is C13H15F3N2O. The van der Waals surface area contributed by atoms with Crippen LogP contribution in [-0.4, -0.2) is 30.9 Å². The zero-order valence-corrected chi connectivity index (χ0v) is 10.5. The predicted molar refractivity (Wildman–Crippen MR) is 64.3 cm³/mol. The van der Waals surface area contributed by atoms with E-state index in [4.69, 9.17) is 0 Å². The van der Waals surface area contributed by atoms with Crippen LogP contribution in [0.2, 0.25) is 0 Å². The molecule has 1 aromatic carbocycles.